The van der Waals surface area contributed by atoms with Gasteiger partial charge in [0.1, 0.15) is 12.4 Å². The highest BCUT2D eigenvalue weighted by Crippen LogP contribution is 2.21. The second-order valence-corrected chi connectivity index (χ2v) is 5.14. The summed E-state index contributed by atoms with van der Waals surface area (Å²) in [7, 11) is 0. The lowest BCUT2D eigenvalue weighted by Gasteiger charge is -2.09. The number of hydrogen-bond donors (Lipinski definition) is 1. The number of ether oxygens (including phenoxy) is 1. The molecule has 0 aliphatic heterocycles. The Morgan fingerprint density at radius 3 is 2.47 bits per heavy atom. The maximum Gasteiger partial charge on any atom is 0.161 e. The van der Waals surface area contributed by atoms with Gasteiger partial charge in [0.15, 0.2) is 5.78 Å². The molecule has 0 radical (unpaired) electrons. The number of nitrogen functional groups attached to an aromatic ring is 1. The molecule has 2 N–H and O–H groups in total. The summed E-state index contributed by atoms with van der Waals surface area (Å²) in [5.74, 6) is 0.613. The average Bonchev–Trinajstić information content (AvgIpc) is 2.37. The quantitative estimate of drug-likeness (QED) is 0.688. The Kier molecular flexibility index (Phi) is 4.22. The molecule has 19 heavy (non-hydrogen) atoms. The van der Waals surface area contributed by atoms with Crippen molar-refractivity contribution in [2.45, 2.75) is 13.5 Å². The van der Waals surface area contributed by atoms with E-state index in [1.807, 2.05) is 24.3 Å². The van der Waals surface area contributed by atoms with Gasteiger partial charge in [-0.25, -0.2) is 0 Å². The maximum absolute atomic E-state index is 11.3. The predicted molar refractivity (Wildman–Crippen MR) is 79.3 cm³/mol. The Morgan fingerprint density at radius 2 is 1.89 bits per heavy atom. The minimum atomic E-state index is -0.0445. The van der Waals surface area contributed by atoms with E-state index in [2.05, 4.69) is 15.9 Å². The first-order valence-electron chi connectivity index (χ1n) is 5.84. The van der Waals surface area contributed by atoms with E-state index in [0.717, 1.165) is 10.0 Å². The van der Waals surface area contributed by atoms with Gasteiger partial charge in [-0.15, -0.1) is 0 Å². The lowest BCUT2D eigenvalue weighted by Crippen LogP contribution is -2.01. The first kappa shape index (κ1) is 13.6. The first-order valence-corrected chi connectivity index (χ1v) is 6.63. The molecule has 4 heteroatoms. The minimum Gasteiger partial charge on any atom is -0.489 e. The van der Waals surface area contributed by atoms with Crippen LogP contribution in [0.15, 0.2) is 46.9 Å². The molecule has 0 amide bonds. The van der Waals surface area contributed by atoms with Gasteiger partial charge in [-0.1, -0.05) is 28.1 Å². The van der Waals surface area contributed by atoms with Crippen LogP contribution in [0.5, 0.6) is 5.75 Å². The number of hydrogen-bond acceptors (Lipinski definition) is 3. The molecule has 0 fully saturated rings. The third-order valence-electron chi connectivity index (χ3n) is 2.72. The minimum absolute atomic E-state index is 0.0445. The molecule has 0 aliphatic rings. The standard InChI is InChI=1S/C15H14BrNO2/c1-10(18)14-7-6-13(8-15(14)17)19-9-11-2-4-12(16)5-3-11/h2-8H,9,17H2,1H3. The van der Waals surface area contributed by atoms with Crippen LogP contribution in [0.3, 0.4) is 0 Å². The summed E-state index contributed by atoms with van der Waals surface area (Å²) in [6.45, 7) is 1.96. The summed E-state index contributed by atoms with van der Waals surface area (Å²) in [5.41, 5.74) is 7.84. The van der Waals surface area contributed by atoms with Crippen LogP contribution in [0, 0.1) is 0 Å². The SMILES string of the molecule is CC(=O)c1ccc(OCc2ccc(Br)cc2)cc1N. The molecule has 98 valence electrons. The van der Waals surface area contributed by atoms with Gasteiger partial charge < -0.3 is 10.5 Å². The Labute approximate surface area is 120 Å². The van der Waals surface area contributed by atoms with Crippen molar-refractivity contribution in [3.8, 4) is 5.75 Å². The number of benzene rings is 2. The Bertz CT molecular complexity index is 594. The Hall–Kier alpha value is -1.81. The van der Waals surface area contributed by atoms with Crippen molar-refractivity contribution in [2.24, 2.45) is 0 Å². The van der Waals surface area contributed by atoms with Crippen molar-refractivity contribution in [3.05, 3.63) is 58.1 Å². The zero-order valence-corrected chi connectivity index (χ0v) is 12.1. The first-order chi connectivity index (χ1) is 9.06. The van der Waals surface area contributed by atoms with Gasteiger partial charge in [-0.3, -0.25) is 4.79 Å². The summed E-state index contributed by atoms with van der Waals surface area (Å²) >= 11 is 3.38. The predicted octanol–water partition coefficient (Wildman–Crippen LogP) is 3.81. The summed E-state index contributed by atoms with van der Waals surface area (Å²) < 4.78 is 6.67. The van der Waals surface area contributed by atoms with Gasteiger partial charge in [0, 0.05) is 21.8 Å². The second kappa shape index (κ2) is 5.89. The number of Topliss-reactive ketones (excluding diaryl/α,β-unsaturated/α-hetero) is 1. The molecular formula is C15H14BrNO2. The Balaban J connectivity index is 2.06. The van der Waals surface area contributed by atoms with Crippen LogP contribution < -0.4 is 10.5 Å². The summed E-state index contributed by atoms with van der Waals surface area (Å²) in [4.78, 5) is 11.3. The van der Waals surface area contributed by atoms with Crippen LogP contribution in [0.1, 0.15) is 22.8 Å². The smallest absolute Gasteiger partial charge is 0.161 e. The maximum atomic E-state index is 11.3. The van der Waals surface area contributed by atoms with Crippen molar-refractivity contribution in [1.29, 1.82) is 0 Å². The third kappa shape index (κ3) is 3.58. The molecule has 0 saturated carbocycles. The number of nitrogens with two attached hydrogens (primary N) is 1. The average molecular weight is 320 g/mol. The van der Waals surface area contributed by atoms with Crippen LogP contribution >= 0.6 is 15.9 Å². The van der Waals surface area contributed by atoms with E-state index in [0.29, 0.717) is 23.6 Å². The highest BCUT2D eigenvalue weighted by atomic mass is 79.9. The van der Waals surface area contributed by atoms with Crippen LogP contribution in [-0.4, -0.2) is 5.78 Å². The van der Waals surface area contributed by atoms with Gasteiger partial charge >= 0.3 is 0 Å². The van der Waals surface area contributed by atoms with E-state index in [9.17, 15) is 4.79 Å². The highest BCUT2D eigenvalue weighted by Gasteiger charge is 2.06. The molecule has 0 aromatic heterocycles. The van der Waals surface area contributed by atoms with Gasteiger partial charge in [0.2, 0.25) is 0 Å². The molecule has 3 nitrogen and oxygen atoms in total. The van der Waals surface area contributed by atoms with Crippen molar-refractivity contribution in [3.63, 3.8) is 0 Å². The molecular weight excluding hydrogens is 306 g/mol. The fourth-order valence-electron chi connectivity index (χ4n) is 1.70. The zero-order valence-electron chi connectivity index (χ0n) is 10.5. The van der Waals surface area contributed by atoms with E-state index in [1.54, 1.807) is 18.2 Å². The number of carbonyl (C=O) groups excluding carboxylic acids is 1. The molecule has 2 aromatic carbocycles. The molecule has 0 atom stereocenters. The molecule has 2 aromatic rings. The van der Waals surface area contributed by atoms with Gasteiger partial charge in [0.05, 0.1) is 0 Å². The lowest BCUT2D eigenvalue weighted by molar-refractivity contribution is 0.101. The van der Waals surface area contributed by atoms with Crippen LogP contribution in [0.25, 0.3) is 0 Å². The lowest BCUT2D eigenvalue weighted by atomic mass is 10.1. The van der Waals surface area contributed by atoms with E-state index in [1.165, 1.54) is 6.92 Å². The molecule has 0 unspecified atom stereocenters. The highest BCUT2D eigenvalue weighted by molar-refractivity contribution is 9.10. The van der Waals surface area contributed by atoms with Crippen molar-refractivity contribution in [1.82, 2.24) is 0 Å². The van der Waals surface area contributed by atoms with Crippen LogP contribution in [0.4, 0.5) is 5.69 Å². The van der Waals surface area contributed by atoms with E-state index in [4.69, 9.17) is 10.5 Å². The number of ketones is 1. The monoisotopic (exact) mass is 319 g/mol. The van der Waals surface area contributed by atoms with Crippen LogP contribution in [-0.2, 0) is 6.61 Å². The number of rotatable bonds is 4. The molecule has 0 heterocycles. The normalized spacial score (nSPS) is 10.2. The largest absolute Gasteiger partial charge is 0.489 e. The fraction of sp³-hybridized carbons (Fsp3) is 0.133. The van der Waals surface area contributed by atoms with Crippen LogP contribution in [0.2, 0.25) is 0 Å². The third-order valence-corrected chi connectivity index (χ3v) is 3.25. The summed E-state index contributed by atoms with van der Waals surface area (Å²) in [6.07, 6.45) is 0. The number of carbonyl (C=O) groups is 1. The molecule has 0 aliphatic carbocycles. The molecule has 2 rings (SSSR count). The molecule has 0 saturated heterocycles. The van der Waals surface area contributed by atoms with E-state index in [-0.39, 0.29) is 5.78 Å². The van der Waals surface area contributed by atoms with Gasteiger partial charge in [-0.05, 0) is 36.8 Å². The zero-order chi connectivity index (χ0) is 13.8. The van der Waals surface area contributed by atoms with Gasteiger partial charge in [0.25, 0.3) is 0 Å². The number of halogens is 1. The van der Waals surface area contributed by atoms with Crippen molar-refractivity contribution >= 4 is 27.4 Å². The van der Waals surface area contributed by atoms with Crippen molar-refractivity contribution < 1.29 is 9.53 Å². The van der Waals surface area contributed by atoms with Gasteiger partial charge in [-0.2, -0.15) is 0 Å². The summed E-state index contributed by atoms with van der Waals surface area (Å²) in [5, 5.41) is 0. The summed E-state index contributed by atoms with van der Waals surface area (Å²) in [6, 6.07) is 13.0. The fourth-order valence-corrected chi connectivity index (χ4v) is 1.96. The Morgan fingerprint density at radius 1 is 1.21 bits per heavy atom. The van der Waals surface area contributed by atoms with Crippen molar-refractivity contribution in [2.75, 3.05) is 5.73 Å². The topological polar surface area (TPSA) is 52.3 Å². The molecule has 0 spiro atoms. The van der Waals surface area contributed by atoms with E-state index < -0.39 is 0 Å². The molecule has 0 bridgehead atoms. The number of anilines is 1. The second-order valence-electron chi connectivity index (χ2n) is 4.22. The van der Waals surface area contributed by atoms with E-state index >= 15 is 0 Å².